The van der Waals surface area contributed by atoms with Gasteiger partial charge in [0.25, 0.3) is 0 Å². The first kappa shape index (κ1) is 14.2. The number of hydroxylamine groups is 2. The number of amides is 1. The fourth-order valence-corrected chi connectivity index (χ4v) is 1.40. The molecule has 0 aromatic heterocycles. The largest absolute Gasteiger partial charge is 0.273 e. The summed E-state index contributed by atoms with van der Waals surface area (Å²) in [6.45, 7) is 12.2. The first-order chi connectivity index (χ1) is 6.90. The maximum atomic E-state index is 11.3. The summed E-state index contributed by atoms with van der Waals surface area (Å²) in [6, 6.07) is 0.0948. The smallest absolute Gasteiger partial charge is 0.243 e. The highest BCUT2D eigenvalue weighted by Crippen LogP contribution is 2.14. The molecule has 1 atom stereocenters. The Morgan fingerprint density at radius 3 is 2.13 bits per heavy atom. The molecule has 1 amide bonds. The highest BCUT2D eigenvalue weighted by atomic mass is 16.7. The molecule has 3 nitrogen and oxygen atoms in total. The van der Waals surface area contributed by atoms with Gasteiger partial charge in [0.2, 0.25) is 5.91 Å². The molecule has 0 radical (unpaired) electrons. The minimum absolute atomic E-state index is 0.0362. The van der Waals surface area contributed by atoms with Gasteiger partial charge in [0.1, 0.15) is 0 Å². The van der Waals surface area contributed by atoms with Gasteiger partial charge in [-0.15, -0.1) is 0 Å². The molecule has 0 N–H and O–H groups in total. The van der Waals surface area contributed by atoms with Gasteiger partial charge in [0.15, 0.2) is 0 Å². The summed E-state index contributed by atoms with van der Waals surface area (Å²) in [7, 11) is 0. The van der Waals surface area contributed by atoms with Gasteiger partial charge in [0, 0.05) is 6.92 Å². The standard InChI is InChI=1S/C12H23NO2/c1-7-15-13(12(6)14)11(5)8-10(4)9(2)3/h11H,7-8H2,1-6H3. The topological polar surface area (TPSA) is 29.5 Å². The first-order valence-corrected chi connectivity index (χ1v) is 5.45. The molecule has 0 heterocycles. The number of carbonyl (C=O) groups is 1. The van der Waals surface area contributed by atoms with Gasteiger partial charge < -0.3 is 0 Å². The zero-order chi connectivity index (χ0) is 12.0. The van der Waals surface area contributed by atoms with Crippen molar-refractivity contribution in [2.75, 3.05) is 6.61 Å². The minimum atomic E-state index is -0.0362. The Morgan fingerprint density at radius 2 is 1.80 bits per heavy atom. The van der Waals surface area contributed by atoms with Crippen molar-refractivity contribution in [1.82, 2.24) is 5.06 Å². The molecule has 0 spiro atoms. The highest BCUT2D eigenvalue weighted by Gasteiger charge is 2.17. The molecule has 0 aliphatic rings. The van der Waals surface area contributed by atoms with Crippen LogP contribution in [-0.4, -0.2) is 23.6 Å². The Bertz CT molecular complexity index is 242. The second kappa shape index (κ2) is 6.62. The van der Waals surface area contributed by atoms with Crippen LogP contribution in [0.2, 0.25) is 0 Å². The second-order valence-electron chi connectivity index (χ2n) is 4.10. The zero-order valence-electron chi connectivity index (χ0n) is 10.8. The summed E-state index contributed by atoms with van der Waals surface area (Å²) in [6.07, 6.45) is 0.863. The normalized spacial score (nSPS) is 12.1. The molecule has 3 heteroatoms. The quantitative estimate of drug-likeness (QED) is 0.519. The third kappa shape index (κ3) is 4.98. The number of allylic oxidation sites excluding steroid dienone is 1. The molecule has 0 saturated carbocycles. The Hall–Kier alpha value is -0.830. The average molecular weight is 213 g/mol. The van der Waals surface area contributed by atoms with Crippen LogP contribution < -0.4 is 0 Å². The predicted octanol–water partition coefficient (Wildman–Crippen LogP) is 2.92. The van der Waals surface area contributed by atoms with Crippen LogP contribution in [0.25, 0.3) is 0 Å². The summed E-state index contributed by atoms with van der Waals surface area (Å²) in [5, 5.41) is 1.46. The van der Waals surface area contributed by atoms with Crippen LogP contribution in [0.15, 0.2) is 11.1 Å². The third-order valence-electron chi connectivity index (χ3n) is 2.43. The predicted molar refractivity (Wildman–Crippen MR) is 62.3 cm³/mol. The first-order valence-electron chi connectivity index (χ1n) is 5.45. The van der Waals surface area contributed by atoms with Crippen molar-refractivity contribution < 1.29 is 9.63 Å². The van der Waals surface area contributed by atoms with E-state index in [9.17, 15) is 4.79 Å². The monoisotopic (exact) mass is 213 g/mol. The van der Waals surface area contributed by atoms with Crippen LogP contribution in [0.3, 0.4) is 0 Å². The number of hydrogen-bond donors (Lipinski definition) is 0. The van der Waals surface area contributed by atoms with E-state index >= 15 is 0 Å². The number of hydrogen-bond acceptors (Lipinski definition) is 2. The SMILES string of the molecule is CCON(C(C)=O)C(C)CC(C)=C(C)C. The van der Waals surface area contributed by atoms with E-state index in [0.29, 0.717) is 6.61 Å². The number of carbonyl (C=O) groups excluding carboxylic acids is 1. The molecular formula is C12H23NO2. The van der Waals surface area contributed by atoms with Gasteiger partial charge >= 0.3 is 0 Å². The van der Waals surface area contributed by atoms with Crippen LogP contribution in [-0.2, 0) is 9.63 Å². The lowest BCUT2D eigenvalue weighted by Crippen LogP contribution is -2.37. The fourth-order valence-electron chi connectivity index (χ4n) is 1.40. The summed E-state index contributed by atoms with van der Waals surface area (Å²) in [5.74, 6) is -0.0362. The van der Waals surface area contributed by atoms with E-state index in [0.717, 1.165) is 6.42 Å². The summed E-state index contributed by atoms with van der Waals surface area (Å²) < 4.78 is 0. The Balaban J connectivity index is 4.45. The van der Waals surface area contributed by atoms with E-state index in [2.05, 4.69) is 20.8 Å². The average Bonchev–Trinajstić information content (AvgIpc) is 2.12. The zero-order valence-corrected chi connectivity index (χ0v) is 10.8. The molecule has 88 valence electrons. The van der Waals surface area contributed by atoms with Gasteiger partial charge in [-0.3, -0.25) is 9.63 Å². The van der Waals surface area contributed by atoms with Crippen LogP contribution in [0.4, 0.5) is 0 Å². The molecule has 0 aromatic rings. The van der Waals surface area contributed by atoms with Gasteiger partial charge in [-0.2, -0.15) is 0 Å². The Morgan fingerprint density at radius 1 is 1.27 bits per heavy atom. The lowest BCUT2D eigenvalue weighted by atomic mass is 10.0. The van der Waals surface area contributed by atoms with Gasteiger partial charge in [-0.05, 0) is 41.0 Å². The number of nitrogens with zero attached hydrogens (tertiary/aromatic N) is 1. The summed E-state index contributed by atoms with van der Waals surface area (Å²) in [5.41, 5.74) is 2.62. The molecule has 0 bridgehead atoms. The molecule has 0 saturated heterocycles. The summed E-state index contributed by atoms with van der Waals surface area (Å²) >= 11 is 0. The van der Waals surface area contributed by atoms with Crippen LogP contribution in [0, 0.1) is 0 Å². The van der Waals surface area contributed by atoms with Crippen molar-refractivity contribution in [1.29, 1.82) is 0 Å². The van der Waals surface area contributed by atoms with Crippen molar-refractivity contribution in [2.45, 2.75) is 54.0 Å². The van der Waals surface area contributed by atoms with Crippen molar-refractivity contribution >= 4 is 5.91 Å². The van der Waals surface area contributed by atoms with E-state index in [4.69, 9.17) is 4.84 Å². The summed E-state index contributed by atoms with van der Waals surface area (Å²) in [4.78, 5) is 16.6. The lowest BCUT2D eigenvalue weighted by Gasteiger charge is -2.27. The molecule has 0 aromatic carbocycles. The van der Waals surface area contributed by atoms with E-state index in [1.807, 2.05) is 13.8 Å². The van der Waals surface area contributed by atoms with Crippen LogP contribution in [0.1, 0.15) is 48.0 Å². The maximum absolute atomic E-state index is 11.3. The number of rotatable bonds is 5. The van der Waals surface area contributed by atoms with Crippen molar-refractivity contribution in [3.8, 4) is 0 Å². The van der Waals surface area contributed by atoms with Gasteiger partial charge in [-0.1, -0.05) is 11.1 Å². The van der Waals surface area contributed by atoms with Crippen molar-refractivity contribution in [2.24, 2.45) is 0 Å². The van der Waals surface area contributed by atoms with E-state index in [-0.39, 0.29) is 11.9 Å². The van der Waals surface area contributed by atoms with Crippen LogP contribution in [0.5, 0.6) is 0 Å². The van der Waals surface area contributed by atoms with Gasteiger partial charge in [0.05, 0.1) is 12.6 Å². The molecule has 0 rings (SSSR count). The Labute approximate surface area is 93.1 Å². The van der Waals surface area contributed by atoms with E-state index in [1.165, 1.54) is 23.1 Å². The molecule has 1 unspecified atom stereocenters. The van der Waals surface area contributed by atoms with E-state index < -0.39 is 0 Å². The van der Waals surface area contributed by atoms with E-state index in [1.54, 1.807) is 0 Å². The molecular weight excluding hydrogens is 190 g/mol. The minimum Gasteiger partial charge on any atom is -0.273 e. The molecule has 0 aliphatic heterocycles. The van der Waals surface area contributed by atoms with Crippen molar-refractivity contribution in [3.05, 3.63) is 11.1 Å². The lowest BCUT2D eigenvalue weighted by molar-refractivity contribution is -0.194. The van der Waals surface area contributed by atoms with Crippen LogP contribution >= 0.6 is 0 Å². The highest BCUT2D eigenvalue weighted by molar-refractivity contribution is 5.72. The van der Waals surface area contributed by atoms with Gasteiger partial charge in [-0.25, -0.2) is 5.06 Å². The van der Waals surface area contributed by atoms with Crippen molar-refractivity contribution in [3.63, 3.8) is 0 Å². The third-order valence-corrected chi connectivity index (χ3v) is 2.43. The molecule has 0 fully saturated rings. The fraction of sp³-hybridized carbons (Fsp3) is 0.750. The molecule has 15 heavy (non-hydrogen) atoms. The second-order valence-corrected chi connectivity index (χ2v) is 4.10. The molecule has 0 aliphatic carbocycles. The maximum Gasteiger partial charge on any atom is 0.243 e. The Kier molecular flexibility index (Phi) is 6.25.